The SMILES string of the molecule is CC(=O)Nc1cc(C(=O)Nc2ccccc2N2CCc3ccccc32)ccc1F. The molecule has 4 rings (SSSR count). The van der Waals surface area contributed by atoms with E-state index in [0.717, 1.165) is 24.3 Å². The Bertz CT molecular complexity index is 1100. The van der Waals surface area contributed by atoms with Crippen LogP contribution in [0.2, 0.25) is 0 Å². The standard InChI is InChI=1S/C23H20FN3O2/c1-15(28)25-20-14-17(10-11-18(20)24)23(29)26-19-7-3-5-9-22(19)27-13-12-16-6-2-4-8-21(16)27/h2-11,14H,12-13H2,1H3,(H,25,28)(H,26,29). The Morgan fingerprint density at radius 1 is 0.897 bits per heavy atom. The van der Waals surface area contributed by atoms with Gasteiger partial charge in [-0.25, -0.2) is 4.39 Å². The molecule has 3 aromatic carbocycles. The van der Waals surface area contributed by atoms with Gasteiger partial charge in [-0.15, -0.1) is 0 Å². The number of halogens is 1. The van der Waals surface area contributed by atoms with E-state index in [1.54, 1.807) is 0 Å². The number of carbonyl (C=O) groups is 2. The van der Waals surface area contributed by atoms with E-state index < -0.39 is 11.7 Å². The van der Waals surface area contributed by atoms with Crippen LogP contribution in [0.25, 0.3) is 0 Å². The Hall–Kier alpha value is -3.67. The number of amides is 2. The maximum Gasteiger partial charge on any atom is 0.255 e. The van der Waals surface area contributed by atoms with Gasteiger partial charge in [-0.2, -0.15) is 0 Å². The van der Waals surface area contributed by atoms with Gasteiger partial charge >= 0.3 is 0 Å². The normalized spacial score (nSPS) is 12.4. The minimum atomic E-state index is -0.592. The van der Waals surface area contributed by atoms with Crippen LogP contribution in [0.3, 0.4) is 0 Å². The molecule has 0 bridgehead atoms. The molecule has 1 aliphatic heterocycles. The number of benzene rings is 3. The number of nitrogens with one attached hydrogen (secondary N) is 2. The number of para-hydroxylation sites is 3. The summed E-state index contributed by atoms with van der Waals surface area (Å²) < 4.78 is 13.9. The molecule has 0 saturated carbocycles. The molecule has 29 heavy (non-hydrogen) atoms. The fraction of sp³-hybridized carbons (Fsp3) is 0.130. The van der Waals surface area contributed by atoms with Crippen LogP contribution in [0.15, 0.2) is 66.7 Å². The minimum Gasteiger partial charge on any atom is -0.339 e. The predicted octanol–water partition coefficient (Wildman–Crippen LogP) is 4.73. The van der Waals surface area contributed by atoms with Crippen LogP contribution in [0.1, 0.15) is 22.8 Å². The van der Waals surface area contributed by atoms with E-state index in [-0.39, 0.29) is 17.2 Å². The van der Waals surface area contributed by atoms with Crippen LogP contribution in [0.5, 0.6) is 0 Å². The first-order valence-electron chi connectivity index (χ1n) is 9.36. The van der Waals surface area contributed by atoms with Crippen molar-refractivity contribution < 1.29 is 14.0 Å². The summed E-state index contributed by atoms with van der Waals surface area (Å²) in [4.78, 5) is 26.2. The van der Waals surface area contributed by atoms with Crippen LogP contribution in [0.4, 0.5) is 27.1 Å². The Kier molecular flexibility index (Phi) is 4.99. The van der Waals surface area contributed by atoms with Gasteiger partial charge in [-0.05, 0) is 48.4 Å². The molecule has 5 nitrogen and oxygen atoms in total. The number of rotatable bonds is 4. The molecule has 1 heterocycles. The average Bonchev–Trinajstić information content (AvgIpc) is 3.14. The fourth-order valence-electron chi connectivity index (χ4n) is 3.55. The molecule has 0 unspecified atom stereocenters. The van der Waals surface area contributed by atoms with Crippen molar-refractivity contribution in [1.82, 2.24) is 0 Å². The summed E-state index contributed by atoms with van der Waals surface area (Å²) in [7, 11) is 0. The Labute approximate surface area is 168 Å². The monoisotopic (exact) mass is 389 g/mol. The first-order valence-corrected chi connectivity index (χ1v) is 9.36. The lowest BCUT2D eigenvalue weighted by molar-refractivity contribution is -0.114. The van der Waals surface area contributed by atoms with Crippen molar-refractivity contribution in [2.45, 2.75) is 13.3 Å². The Morgan fingerprint density at radius 2 is 1.62 bits per heavy atom. The van der Waals surface area contributed by atoms with Crippen molar-refractivity contribution in [2.75, 3.05) is 22.1 Å². The molecule has 0 saturated heterocycles. The van der Waals surface area contributed by atoms with Gasteiger partial charge < -0.3 is 15.5 Å². The molecule has 0 radical (unpaired) electrons. The lowest BCUT2D eigenvalue weighted by atomic mass is 10.1. The third kappa shape index (κ3) is 3.82. The van der Waals surface area contributed by atoms with Crippen LogP contribution >= 0.6 is 0 Å². The molecule has 1 aliphatic rings. The van der Waals surface area contributed by atoms with Crippen molar-refractivity contribution in [3.8, 4) is 0 Å². The molecule has 0 spiro atoms. The van der Waals surface area contributed by atoms with E-state index in [2.05, 4.69) is 27.7 Å². The number of anilines is 4. The molecule has 0 atom stereocenters. The minimum absolute atomic E-state index is 0.0214. The molecule has 0 aromatic heterocycles. The van der Waals surface area contributed by atoms with E-state index in [4.69, 9.17) is 0 Å². The highest BCUT2D eigenvalue weighted by Gasteiger charge is 2.22. The summed E-state index contributed by atoms with van der Waals surface area (Å²) in [5.74, 6) is -1.37. The zero-order chi connectivity index (χ0) is 20.4. The van der Waals surface area contributed by atoms with E-state index in [9.17, 15) is 14.0 Å². The quantitative estimate of drug-likeness (QED) is 0.678. The lowest BCUT2D eigenvalue weighted by Crippen LogP contribution is -2.19. The highest BCUT2D eigenvalue weighted by molar-refractivity contribution is 6.07. The van der Waals surface area contributed by atoms with Crippen LogP contribution in [-0.2, 0) is 11.2 Å². The maximum absolute atomic E-state index is 13.9. The van der Waals surface area contributed by atoms with Crippen molar-refractivity contribution in [3.63, 3.8) is 0 Å². The number of hydrogen-bond donors (Lipinski definition) is 2. The second-order valence-corrected chi connectivity index (χ2v) is 6.88. The third-order valence-electron chi connectivity index (χ3n) is 4.87. The van der Waals surface area contributed by atoms with Crippen molar-refractivity contribution in [2.24, 2.45) is 0 Å². The molecule has 0 fully saturated rings. The van der Waals surface area contributed by atoms with Gasteiger partial charge in [0.2, 0.25) is 5.91 Å². The largest absolute Gasteiger partial charge is 0.339 e. The predicted molar refractivity (Wildman–Crippen MR) is 112 cm³/mol. The van der Waals surface area contributed by atoms with Gasteiger partial charge in [0.1, 0.15) is 5.82 Å². The Morgan fingerprint density at radius 3 is 2.41 bits per heavy atom. The summed E-state index contributed by atoms with van der Waals surface area (Å²) in [5, 5.41) is 5.32. The van der Waals surface area contributed by atoms with Gasteiger partial charge in [-0.3, -0.25) is 9.59 Å². The van der Waals surface area contributed by atoms with Crippen molar-refractivity contribution in [3.05, 3.63) is 83.7 Å². The second-order valence-electron chi connectivity index (χ2n) is 6.88. The summed E-state index contributed by atoms with van der Waals surface area (Å²) in [6.07, 6.45) is 0.941. The van der Waals surface area contributed by atoms with E-state index >= 15 is 0 Å². The molecule has 0 aliphatic carbocycles. The van der Waals surface area contributed by atoms with Gasteiger partial charge in [0.05, 0.1) is 17.1 Å². The van der Waals surface area contributed by atoms with Crippen molar-refractivity contribution >= 4 is 34.6 Å². The Balaban J connectivity index is 1.62. The topological polar surface area (TPSA) is 61.4 Å². The number of nitrogens with zero attached hydrogens (tertiary/aromatic N) is 1. The highest BCUT2D eigenvalue weighted by Crippen LogP contribution is 2.38. The van der Waals surface area contributed by atoms with Gasteiger partial charge in [0, 0.05) is 24.7 Å². The lowest BCUT2D eigenvalue weighted by Gasteiger charge is -2.23. The first-order chi connectivity index (χ1) is 14.0. The molecule has 6 heteroatoms. The fourth-order valence-corrected chi connectivity index (χ4v) is 3.55. The number of fused-ring (bicyclic) bond motifs is 1. The summed E-state index contributed by atoms with van der Waals surface area (Å²) in [5.41, 5.74) is 4.20. The van der Waals surface area contributed by atoms with E-state index in [0.29, 0.717) is 5.69 Å². The van der Waals surface area contributed by atoms with Crippen LogP contribution in [-0.4, -0.2) is 18.4 Å². The first kappa shape index (κ1) is 18.7. The molecule has 2 amide bonds. The third-order valence-corrected chi connectivity index (χ3v) is 4.87. The number of carbonyl (C=O) groups excluding carboxylic acids is 2. The number of hydrogen-bond acceptors (Lipinski definition) is 3. The van der Waals surface area contributed by atoms with Gasteiger partial charge in [0.15, 0.2) is 0 Å². The highest BCUT2D eigenvalue weighted by atomic mass is 19.1. The maximum atomic E-state index is 13.9. The summed E-state index contributed by atoms with van der Waals surface area (Å²) in [6.45, 7) is 2.12. The molecule has 3 aromatic rings. The second kappa shape index (κ2) is 7.75. The smallest absolute Gasteiger partial charge is 0.255 e. The van der Waals surface area contributed by atoms with E-state index in [1.165, 1.54) is 30.7 Å². The van der Waals surface area contributed by atoms with E-state index in [1.807, 2.05) is 36.4 Å². The molecular weight excluding hydrogens is 369 g/mol. The molecule has 146 valence electrons. The van der Waals surface area contributed by atoms with Crippen LogP contribution < -0.4 is 15.5 Å². The molecule has 2 N–H and O–H groups in total. The van der Waals surface area contributed by atoms with Crippen LogP contribution in [0, 0.1) is 5.82 Å². The van der Waals surface area contributed by atoms with Gasteiger partial charge in [-0.1, -0.05) is 30.3 Å². The zero-order valence-corrected chi connectivity index (χ0v) is 15.9. The van der Waals surface area contributed by atoms with Gasteiger partial charge in [0.25, 0.3) is 5.91 Å². The van der Waals surface area contributed by atoms with Crippen molar-refractivity contribution in [1.29, 1.82) is 0 Å². The summed E-state index contributed by atoms with van der Waals surface area (Å²) in [6, 6.07) is 19.7. The summed E-state index contributed by atoms with van der Waals surface area (Å²) >= 11 is 0. The zero-order valence-electron chi connectivity index (χ0n) is 15.9. The molecular formula is C23H20FN3O2. The average molecular weight is 389 g/mol.